The van der Waals surface area contributed by atoms with Crippen LogP contribution in [-0.4, -0.2) is 15.7 Å². The third-order valence-corrected chi connectivity index (χ3v) is 2.57. The van der Waals surface area contributed by atoms with Crippen molar-refractivity contribution in [3.05, 3.63) is 36.4 Å². The smallest absolute Gasteiger partial charge is 0.215 e. The van der Waals surface area contributed by atoms with Gasteiger partial charge in [0.25, 0.3) is 0 Å². The van der Waals surface area contributed by atoms with Crippen molar-refractivity contribution in [1.82, 2.24) is 5.32 Å². The number of rotatable bonds is 5. The van der Waals surface area contributed by atoms with Crippen LogP contribution in [0.3, 0.4) is 0 Å². The first kappa shape index (κ1) is 11.7. The number of hydrogen-bond acceptors (Lipinski definition) is 4. The lowest BCUT2D eigenvalue weighted by Gasteiger charge is -2.06. The van der Waals surface area contributed by atoms with E-state index >= 15 is 0 Å². The first-order valence-electron chi connectivity index (χ1n) is 4.61. The summed E-state index contributed by atoms with van der Waals surface area (Å²) >= 11 is -1.60. The van der Waals surface area contributed by atoms with Gasteiger partial charge in [0.1, 0.15) is 11.5 Å². The molecule has 0 amide bonds. The van der Waals surface area contributed by atoms with Crippen molar-refractivity contribution in [3.8, 4) is 0 Å². The summed E-state index contributed by atoms with van der Waals surface area (Å²) in [6.07, 6.45) is 9.03. The fraction of sp³-hybridized carbons (Fsp3) is 0.300. The quantitative estimate of drug-likeness (QED) is 0.765. The number of carbonyl (C=O) groups is 1. The molecule has 0 aromatic rings. The highest BCUT2D eigenvalue weighted by molar-refractivity contribution is 7.81. The zero-order valence-electron chi connectivity index (χ0n) is 8.43. The molecule has 1 heterocycles. The van der Waals surface area contributed by atoms with E-state index in [2.05, 4.69) is 5.32 Å². The first-order valence-corrected chi connectivity index (χ1v) is 5.85. The van der Waals surface area contributed by atoms with Crippen LogP contribution in [0.2, 0.25) is 0 Å². The average Bonchev–Trinajstić information content (AvgIpc) is 2.46. The van der Waals surface area contributed by atoms with E-state index in [1.807, 2.05) is 6.08 Å². The van der Waals surface area contributed by atoms with Gasteiger partial charge >= 0.3 is 0 Å². The van der Waals surface area contributed by atoms with Gasteiger partial charge in [0.15, 0.2) is 0 Å². The predicted octanol–water partition coefficient (Wildman–Crippen LogP) is 1.16. The molecule has 1 unspecified atom stereocenters. The second-order valence-electron chi connectivity index (χ2n) is 2.84. The van der Waals surface area contributed by atoms with E-state index in [-0.39, 0.29) is 11.5 Å². The van der Waals surface area contributed by atoms with Crippen LogP contribution in [0.25, 0.3) is 0 Å². The number of ketones is 1. The molecule has 1 rings (SSSR count). The Kier molecular flexibility index (Phi) is 4.83. The molecule has 0 aromatic heterocycles. The highest BCUT2D eigenvalue weighted by atomic mass is 32.2. The molecule has 5 heteroatoms. The van der Waals surface area contributed by atoms with E-state index < -0.39 is 11.1 Å². The standard InChI is InChI=1S/C10H13NO3S/c1-2-9(12)8-15(13)14-10-6-4-3-5-7-11-10/h3-7,11H,2,8H2,1H3. The first-order chi connectivity index (χ1) is 7.22. The summed E-state index contributed by atoms with van der Waals surface area (Å²) < 4.78 is 16.4. The zero-order valence-corrected chi connectivity index (χ0v) is 9.25. The SMILES string of the molecule is CCC(=O)CS(=O)OC1=CC=CC=CN1. The van der Waals surface area contributed by atoms with E-state index in [1.165, 1.54) is 0 Å². The lowest BCUT2D eigenvalue weighted by Crippen LogP contribution is -2.15. The molecule has 1 N–H and O–H groups in total. The van der Waals surface area contributed by atoms with E-state index in [4.69, 9.17) is 4.18 Å². The van der Waals surface area contributed by atoms with Crippen molar-refractivity contribution in [2.45, 2.75) is 13.3 Å². The topological polar surface area (TPSA) is 55.4 Å². The second-order valence-corrected chi connectivity index (χ2v) is 3.91. The van der Waals surface area contributed by atoms with Crippen LogP contribution in [-0.2, 0) is 20.1 Å². The van der Waals surface area contributed by atoms with Gasteiger partial charge in [0.05, 0.1) is 0 Å². The number of allylic oxidation sites excluding steroid dienone is 4. The maximum Gasteiger partial charge on any atom is 0.215 e. The van der Waals surface area contributed by atoms with Gasteiger partial charge in [0.2, 0.25) is 17.0 Å². The molecular formula is C10H13NO3S. The Bertz CT molecular complexity index is 345. The normalized spacial score (nSPS) is 16.2. The predicted molar refractivity (Wildman–Crippen MR) is 58.9 cm³/mol. The number of carbonyl (C=O) groups excluding carboxylic acids is 1. The van der Waals surface area contributed by atoms with Crippen LogP contribution in [0.5, 0.6) is 0 Å². The van der Waals surface area contributed by atoms with Gasteiger partial charge in [-0.2, -0.15) is 0 Å². The minimum absolute atomic E-state index is 0.0665. The summed E-state index contributed by atoms with van der Waals surface area (Å²) in [6.45, 7) is 1.73. The van der Waals surface area contributed by atoms with Crippen LogP contribution in [0.15, 0.2) is 36.4 Å². The van der Waals surface area contributed by atoms with Gasteiger partial charge in [-0.25, -0.2) is 4.21 Å². The van der Waals surface area contributed by atoms with E-state index in [0.29, 0.717) is 12.3 Å². The van der Waals surface area contributed by atoms with E-state index in [1.54, 1.807) is 31.4 Å². The molecule has 0 bridgehead atoms. The summed E-state index contributed by atoms with van der Waals surface area (Å²) in [5.74, 6) is 0.235. The summed E-state index contributed by atoms with van der Waals surface area (Å²) in [5.41, 5.74) is 0. The largest absolute Gasteiger partial charge is 0.382 e. The molecule has 4 nitrogen and oxygen atoms in total. The Morgan fingerprint density at radius 2 is 2.27 bits per heavy atom. The highest BCUT2D eigenvalue weighted by Crippen LogP contribution is 2.01. The second kappa shape index (κ2) is 6.19. The maximum absolute atomic E-state index is 11.3. The molecule has 0 fully saturated rings. The van der Waals surface area contributed by atoms with Crippen molar-refractivity contribution in [1.29, 1.82) is 0 Å². The van der Waals surface area contributed by atoms with Crippen molar-refractivity contribution in [2.24, 2.45) is 0 Å². The third kappa shape index (κ3) is 4.60. The Hall–Kier alpha value is -1.36. The zero-order chi connectivity index (χ0) is 11.1. The lowest BCUT2D eigenvalue weighted by molar-refractivity contribution is -0.116. The molecular weight excluding hydrogens is 214 g/mol. The molecule has 0 saturated carbocycles. The molecule has 1 aliphatic rings. The van der Waals surface area contributed by atoms with Crippen LogP contribution in [0.4, 0.5) is 0 Å². The molecule has 82 valence electrons. The van der Waals surface area contributed by atoms with Gasteiger partial charge in [-0.1, -0.05) is 19.1 Å². The van der Waals surface area contributed by atoms with Crippen molar-refractivity contribution < 1.29 is 13.2 Å². The molecule has 0 spiro atoms. The molecule has 0 aliphatic carbocycles. The molecule has 15 heavy (non-hydrogen) atoms. The van der Waals surface area contributed by atoms with Crippen molar-refractivity contribution in [3.63, 3.8) is 0 Å². The van der Waals surface area contributed by atoms with Crippen molar-refractivity contribution >= 4 is 16.9 Å². The highest BCUT2D eigenvalue weighted by Gasteiger charge is 2.09. The van der Waals surface area contributed by atoms with E-state index in [9.17, 15) is 9.00 Å². The molecule has 0 radical (unpaired) electrons. The average molecular weight is 227 g/mol. The van der Waals surface area contributed by atoms with Crippen LogP contribution < -0.4 is 5.32 Å². The molecule has 0 aromatic carbocycles. The summed E-state index contributed by atoms with van der Waals surface area (Å²) in [5, 5.41) is 2.80. The van der Waals surface area contributed by atoms with Gasteiger partial charge in [-0.15, -0.1) is 0 Å². The summed E-state index contributed by atoms with van der Waals surface area (Å²) in [6, 6.07) is 0. The van der Waals surface area contributed by atoms with Crippen molar-refractivity contribution in [2.75, 3.05) is 5.75 Å². The Morgan fingerprint density at radius 3 is 3.00 bits per heavy atom. The van der Waals surface area contributed by atoms with Gasteiger partial charge in [0, 0.05) is 12.6 Å². The Balaban J connectivity index is 2.44. The van der Waals surface area contributed by atoms with Crippen LogP contribution in [0.1, 0.15) is 13.3 Å². The monoisotopic (exact) mass is 227 g/mol. The van der Waals surface area contributed by atoms with Crippen LogP contribution >= 0.6 is 0 Å². The van der Waals surface area contributed by atoms with Crippen LogP contribution in [0, 0.1) is 0 Å². The molecule has 1 aliphatic heterocycles. The summed E-state index contributed by atoms with van der Waals surface area (Å²) in [7, 11) is 0. The number of nitrogens with one attached hydrogen (secondary N) is 1. The van der Waals surface area contributed by atoms with Gasteiger partial charge < -0.3 is 9.50 Å². The minimum atomic E-state index is -1.60. The number of hydrogen-bond donors (Lipinski definition) is 1. The lowest BCUT2D eigenvalue weighted by atomic mass is 10.4. The summed E-state index contributed by atoms with van der Waals surface area (Å²) in [4.78, 5) is 11.0. The molecule has 1 atom stereocenters. The fourth-order valence-corrected chi connectivity index (χ4v) is 1.69. The Labute approximate surface area is 91.4 Å². The molecule has 0 saturated heterocycles. The minimum Gasteiger partial charge on any atom is -0.382 e. The Morgan fingerprint density at radius 1 is 1.47 bits per heavy atom. The number of Topliss-reactive ketones (excluding diaryl/α,β-unsaturated/α-hetero) is 1. The maximum atomic E-state index is 11.3. The van der Waals surface area contributed by atoms with Gasteiger partial charge in [-0.3, -0.25) is 4.79 Å². The third-order valence-electron chi connectivity index (χ3n) is 1.65. The fourth-order valence-electron chi connectivity index (χ4n) is 0.856. The van der Waals surface area contributed by atoms with E-state index in [0.717, 1.165) is 0 Å². The van der Waals surface area contributed by atoms with Gasteiger partial charge in [-0.05, 0) is 12.2 Å².